The summed E-state index contributed by atoms with van der Waals surface area (Å²) < 4.78 is 10.6. The molecule has 2 aliphatic rings. The Morgan fingerprint density at radius 1 is 1.38 bits per heavy atom. The third kappa shape index (κ3) is 3.80. The van der Waals surface area contributed by atoms with Gasteiger partial charge in [0.1, 0.15) is 12.2 Å². The number of ether oxygens (including phenoxy) is 2. The first-order valence-corrected chi connectivity index (χ1v) is 7.75. The van der Waals surface area contributed by atoms with E-state index < -0.39 is 5.60 Å². The van der Waals surface area contributed by atoms with Crippen LogP contribution in [0.5, 0.6) is 0 Å². The molecular formula is C15H26N2O4. The first kappa shape index (κ1) is 15.9. The number of rotatable bonds is 3. The minimum absolute atomic E-state index is 0.0155. The van der Waals surface area contributed by atoms with Gasteiger partial charge in [-0.2, -0.15) is 0 Å². The molecule has 0 spiro atoms. The summed E-state index contributed by atoms with van der Waals surface area (Å²) in [7, 11) is 0. The van der Waals surface area contributed by atoms with Crippen LogP contribution in [-0.2, 0) is 9.47 Å². The van der Waals surface area contributed by atoms with E-state index in [4.69, 9.17) is 9.47 Å². The molecule has 0 radical (unpaired) electrons. The van der Waals surface area contributed by atoms with Gasteiger partial charge in [0.25, 0.3) is 0 Å². The number of cyclic esters (lactones) is 1. The van der Waals surface area contributed by atoms with E-state index in [9.17, 15) is 9.59 Å². The summed E-state index contributed by atoms with van der Waals surface area (Å²) in [5.41, 5.74) is -0.508. The minimum Gasteiger partial charge on any atom is -0.447 e. The van der Waals surface area contributed by atoms with Gasteiger partial charge in [-0.05, 0) is 27.2 Å². The molecule has 2 aliphatic heterocycles. The van der Waals surface area contributed by atoms with Crippen LogP contribution in [0.25, 0.3) is 0 Å². The Kier molecular flexibility index (Phi) is 4.64. The first-order valence-electron chi connectivity index (χ1n) is 7.75. The standard InChI is InChI=1S/C15H26N2O4/c1-5-6-7-11-8-17-12(10-20-13(17)18)9-16(11)14(19)21-15(2,3)4/h11-12H,5-10H2,1-4H3/t11-,12+/m0/s1. The van der Waals surface area contributed by atoms with E-state index in [2.05, 4.69) is 6.92 Å². The number of amides is 2. The summed E-state index contributed by atoms with van der Waals surface area (Å²) in [4.78, 5) is 27.7. The Balaban J connectivity index is 2.08. The average Bonchev–Trinajstić information content (AvgIpc) is 2.74. The van der Waals surface area contributed by atoms with Crippen LogP contribution in [0.1, 0.15) is 47.0 Å². The van der Waals surface area contributed by atoms with E-state index in [-0.39, 0.29) is 24.3 Å². The Hall–Kier alpha value is -1.46. The maximum absolute atomic E-state index is 12.4. The molecule has 6 heteroatoms. The van der Waals surface area contributed by atoms with E-state index >= 15 is 0 Å². The molecule has 0 aromatic carbocycles. The molecule has 120 valence electrons. The van der Waals surface area contributed by atoms with Crippen molar-refractivity contribution in [2.45, 2.75) is 64.6 Å². The van der Waals surface area contributed by atoms with Crippen molar-refractivity contribution >= 4 is 12.2 Å². The summed E-state index contributed by atoms with van der Waals surface area (Å²) in [6.07, 6.45) is 2.42. The SMILES string of the molecule is CCCC[C@H]1CN2C(=O)OC[C@H]2CN1C(=O)OC(C)(C)C. The van der Waals surface area contributed by atoms with Crippen LogP contribution >= 0.6 is 0 Å². The molecule has 0 aromatic heterocycles. The molecule has 0 unspecified atom stereocenters. The van der Waals surface area contributed by atoms with Gasteiger partial charge in [0, 0.05) is 13.1 Å². The number of carbonyl (C=O) groups is 2. The molecule has 0 bridgehead atoms. The smallest absolute Gasteiger partial charge is 0.410 e. The first-order chi connectivity index (χ1) is 9.81. The summed E-state index contributed by atoms with van der Waals surface area (Å²) in [6, 6.07) is -0.0235. The molecule has 2 atom stereocenters. The Bertz CT molecular complexity index is 405. The lowest BCUT2D eigenvalue weighted by Crippen LogP contribution is -2.59. The number of unbranched alkanes of at least 4 members (excludes halogenated alkanes) is 1. The van der Waals surface area contributed by atoms with Crippen LogP contribution < -0.4 is 0 Å². The maximum atomic E-state index is 12.4. The Morgan fingerprint density at radius 3 is 2.71 bits per heavy atom. The lowest BCUT2D eigenvalue weighted by Gasteiger charge is -2.42. The van der Waals surface area contributed by atoms with Crippen molar-refractivity contribution in [1.29, 1.82) is 0 Å². The monoisotopic (exact) mass is 298 g/mol. The number of carbonyl (C=O) groups excluding carboxylic acids is 2. The van der Waals surface area contributed by atoms with E-state index in [0.29, 0.717) is 19.7 Å². The Labute approximate surface area is 126 Å². The van der Waals surface area contributed by atoms with Crippen LogP contribution in [0, 0.1) is 0 Å². The maximum Gasteiger partial charge on any atom is 0.410 e. The molecule has 0 saturated carbocycles. The van der Waals surface area contributed by atoms with Gasteiger partial charge in [-0.25, -0.2) is 9.59 Å². The van der Waals surface area contributed by atoms with Gasteiger partial charge < -0.3 is 14.4 Å². The zero-order chi connectivity index (χ0) is 15.6. The largest absolute Gasteiger partial charge is 0.447 e. The van der Waals surface area contributed by atoms with E-state index in [0.717, 1.165) is 19.3 Å². The van der Waals surface area contributed by atoms with Crippen molar-refractivity contribution in [2.75, 3.05) is 19.7 Å². The highest BCUT2D eigenvalue weighted by molar-refractivity contribution is 5.73. The average molecular weight is 298 g/mol. The third-order valence-corrected chi connectivity index (χ3v) is 3.85. The van der Waals surface area contributed by atoms with Crippen LogP contribution in [0.15, 0.2) is 0 Å². The molecule has 2 amide bonds. The van der Waals surface area contributed by atoms with Gasteiger partial charge in [-0.1, -0.05) is 19.8 Å². The fraction of sp³-hybridized carbons (Fsp3) is 0.867. The van der Waals surface area contributed by atoms with Gasteiger partial charge in [0.05, 0.1) is 12.1 Å². The van der Waals surface area contributed by atoms with E-state index in [1.54, 1.807) is 9.80 Å². The number of fused-ring (bicyclic) bond motifs is 1. The topological polar surface area (TPSA) is 59.1 Å². The van der Waals surface area contributed by atoms with Gasteiger partial charge >= 0.3 is 12.2 Å². The highest BCUT2D eigenvalue weighted by atomic mass is 16.6. The molecule has 0 aliphatic carbocycles. The summed E-state index contributed by atoms with van der Waals surface area (Å²) in [5.74, 6) is 0. The zero-order valence-electron chi connectivity index (χ0n) is 13.4. The summed E-state index contributed by atoms with van der Waals surface area (Å²) in [6.45, 7) is 9.11. The number of hydrogen-bond donors (Lipinski definition) is 0. The second-order valence-corrected chi connectivity index (χ2v) is 6.81. The lowest BCUT2D eigenvalue weighted by molar-refractivity contribution is -0.00483. The number of hydrogen-bond acceptors (Lipinski definition) is 4. The van der Waals surface area contributed by atoms with Gasteiger partial charge in [0.2, 0.25) is 0 Å². The molecule has 2 fully saturated rings. The van der Waals surface area contributed by atoms with Crippen LogP contribution in [0.4, 0.5) is 9.59 Å². The van der Waals surface area contributed by atoms with Gasteiger partial charge in [0.15, 0.2) is 0 Å². The van der Waals surface area contributed by atoms with Gasteiger partial charge in [-0.3, -0.25) is 4.90 Å². The molecule has 2 saturated heterocycles. The highest BCUT2D eigenvalue weighted by Crippen LogP contribution is 2.26. The second-order valence-electron chi connectivity index (χ2n) is 6.81. The molecule has 21 heavy (non-hydrogen) atoms. The van der Waals surface area contributed by atoms with Crippen molar-refractivity contribution in [3.63, 3.8) is 0 Å². The van der Waals surface area contributed by atoms with E-state index in [1.807, 2.05) is 20.8 Å². The van der Waals surface area contributed by atoms with Crippen molar-refractivity contribution in [1.82, 2.24) is 9.80 Å². The van der Waals surface area contributed by atoms with Crippen molar-refractivity contribution in [3.8, 4) is 0 Å². The lowest BCUT2D eigenvalue weighted by atomic mass is 10.0. The van der Waals surface area contributed by atoms with Crippen molar-refractivity contribution < 1.29 is 19.1 Å². The third-order valence-electron chi connectivity index (χ3n) is 3.85. The van der Waals surface area contributed by atoms with Crippen molar-refractivity contribution in [3.05, 3.63) is 0 Å². The zero-order valence-corrected chi connectivity index (χ0v) is 13.4. The molecule has 0 aromatic rings. The fourth-order valence-electron chi connectivity index (χ4n) is 2.80. The molecule has 2 heterocycles. The number of piperazine rings is 1. The van der Waals surface area contributed by atoms with Crippen molar-refractivity contribution in [2.24, 2.45) is 0 Å². The molecular weight excluding hydrogens is 272 g/mol. The van der Waals surface area contributed by atoms with E-state index in [1.165, 1.54) is 0 Å². The molecule has 0 N–H and O–H groups in total. The highest BCUT2D eigenvalue weighted by Gasteiger charge is 2.44. The minimum atomic E-state index is -0.508. The predicted molar refractivity (Wildman–Crippen MR) is 78.1 cm³/mol. The predicted octanol–water partition coefficient (Wildman–Crippen LogP) is 2.62. The molecule has 6 nitrogen and oxygen atoms in total. The Morgan fingerprint density at radius 2 is 2.10 bits per heavy atom. The quantitative estimate of drug-likeness (QED) is 0.803. The van der Waals surface area contributed by atoms with Crippen LogP contribution in [-0.4, -0.2) is 59.4 Å². The van der Waals surface area contributed by atoms with Gasteiger partial charge in [-0.15, -0.1) is 0 Å². The fourth-order valence-corrected chi connectivity index (χ4v) is 2.80. The summed E-state index contributed by atoms with van der Waals surface area (Å²) >= 11 is 0. The normalized spacial score (nSPS) is 25.6. The summed E-state index contributed by atoms with van der Waals surface area (Å²) in [5, 5.41) is 0. The number of nitrogens with zero attached hydrogens (tertiary/aromatic N) is 2. The van der Waals surface area contributed by atoms with Crippen LogP contribution in [0.3, 0.4) is 0 Å². The molecule has 2 rings (SSSR count). The van der Waals surface area contributed by atoms with Crippen LogP contribution in [0.2, 0.25) is 0 Å². The second kappa shape index (κ2) is 6.12.